The number of rotatable bonds is 5. The van der Waals surface area contributed by atoms with Gasteiger partial charge in [0, 0.05) is 38.1 Å². The third kappa shape index (κ3) is 4.97. The van der Waals surface area contributed by atoms with Gasteiger partial charge in [0.2, 0.25) is 0 Å². The van der Waals surface area contributed by atoms with Crippen LogP contribution < -0.4 is 9.62 Å². The molecule has 9 nitrogen and oxygen atoms in total. The first kappa shape index (κ1) is 22.6. The third-order valence-electron chi connectivity index (χ3n) is 4.97. The standard InChI is InChI=1S/C21H27N7O2S/c1-6-20(25-16(3)22-4)26-21-13-17(8-9-23-21)18-12-19(15(2)24-14-18)28-11-7-10-27(5)31(28,29)30/h6,8-9,12-14H,4,7,10-11H2,1-3,5H3,(H,23,26)/b20-6+,25-16-. The molecule has 10 heteroatoms. The lowest BCUT2D eigenvalue weighted by Gasteiger charge is -2.34. The monoisotopic (exact) mass is 441 g/mol. The molecule has 0 bridgehead atoms. The fourth-order valence-electron chi connectivity index (χ4n) is 3.20. The van der Waals surface area contributed by atoms with Crippen LogP contribution in [-0.4, -0.2) is 55.4 Å². The van der Waals surface area contributed by atoms with Gasteiger partial charge in [0.15, 0.2) is 0 Å². The summed E-state index contributed by atoms with van der Waals surface area (Å²) in [7, 11) is -1.96. The van der Waals surface area contributed by atoms with Gasteiger partial charge in [-0.1, -0.05) is 0 Å². The number of hydrogen-bond acceptors (Lipinski definition) is 6. The van der Waals surface area contributed by atoms with Crippen molar-refractivity contribution in [3.63, 3.8) is 0 Å². The minimum atomic E-state index is -3.55. The second-order valence-electron chi connectivity index (χ2n) is 7.13. The minimum Gasteiger partial charge on any atom is -0.325 e. The van der Waals surface area contributed by atoms with Gasteiger partial charge >= 0.3 is 10.2 Å². The van der Waals surface area contributed by atoms with E-state index in [-0.39, 0.29) is 0 Å². The van der Waals surface area contributed by atoms with E-state index in [4.69, 9.17) is 0 Å². The molecule has 0 aromatic carbocycles. The Morgan fingerprint density at radius 1 is 1.26 bits per heavy atom. The molecule has 1 N–H and O–H groups in total. The molecular formula is C21H27N7O2S. The average Bonchev–Trinajstić information content (AvgIpc) is 2.76. The Bertz CT molecular complexity index is 1140. The van der Waals surface area contributed by atoms with E-state index in [1.54, 1.807) is 26.4 Å². The first-order valence-corrected chi connectivity index (χ1v) is 11.3. The highest BCUT2D eigenvalue weighted by molar-refractivity contribution is 7.90. The van der Waals surface area contributed by atoms with Crippen LogP contribution in [0.4, 0.5) is 11.5 Å². The van der Waals surface area contributed by atoms with Gasteiger partial charge in [-0.2, -0.15) is 12.7 Å². The number of aryl methyl sites for hydroxylation is 1. The van der Waals surface area contributed by atoms with E-state index in [1.807, 2.05) is 38.1 Å². The maximum Gasteiger partial charge on any atom is 0.303 e. The fourth-order valence-corrected chi connectivity index (χ4v) is 4.69. The summed E-state index contributed by atoms with van der Waals surface area (Å²) in [5.41, 5.74) is 2.89. The number of allylic oxidation sites excluding steroid dienone is 1. The smallest absolute Gasteiger partial charge is 0.303 e. The van der Waals surface area contributed by atoms with Crippen LogP contribution in [0.15, 0.2) is 52.5 Å². The lowest BCUT2D eigenvalue weighted by molar-refractivity contribution is 0.438. The van der Waals surface area contributed by atoms with Gasteiger partial charge in [0.25, 0.3) is 0 Å². The zero-order chi connectivity index (χ0) is 22.6. The molecule has 0 spiro atoms. The Hall–Kier alpha value is -3.11. The third-order valence-corrected chi connectivity index (χ3v) is 6.88. The number of anilines is 2. The van der Waals surface area contributed by atoms with E-state index in [2.05, 4.69) is 32.0 Å². The number of amidine groups is 1. The minimum absolute atomic E-state index is 0.432. The van der Waals surface area contributed by atoms with Crippen molar-refractivity contribution in [2.75, 3.05) is 29.8 Å². The van der Waals surface area contributed by atoms with Crippen LogP contribution in [0.3, 0.4) is 0 Å². The summed E-state index contributed by atoms with van der Waals surface area (Å²) >= 11 is 0. The quantitative estimate of drug-likeness (QED) is 0.567. The van der Waals surface area contributed by atoms with Crippen molar-refractivity contribution in [1.29, 1.82) is 0 Å². The topological polar surface area (TPSA) is 103 Å². The normalized spacial score (nSPS) is 17.5. The van der Waals surface area contributed by atoms with Gasteiger partial charge in [-0.15, -0.1) is 0 Å². The van der Waals surface area contributed by atoms with Crippen LogP contribution in [0.1, 0.15) is 26.0 Å². The van der Waals surface area contributed by atoms with E-state index < -0.39 is 10.2 Å². The number of hydrogen-bond donors (Lipinski definition) is 1. The van der Waals surface area contributed by atoms with E-state index in [0.717, 1.165) is 17.5 Å². The lowest BCUT2D eigenvalue weighted by Crippen LogP contribution is -2.48. The summed E-state index contributed by atoms with van der Waals surface area (Å²) in [6.07, 6.45) is 5.98. The van der Waals surface area contributed by atoms with Crippen LogP contribution in [0.2, 0.25) is 0 Å². The maximum atomic E-state index is 12.8. The molecule has 1 fully saturated rings. The molecule has 2 aromatic rings. The molecule has 1 aliphatic heterocycles. The highest BCUT2D eigenvalue weighted by Crippen LogP contribution is 2.31. The molecule has 164 valence electrons. The SMILES string of the molecule is C=N/C(C)=N\C(=C/C)Nc1cc(-c2cnc(C)c(N3CCCN(C)S3(=O)=O)c2)ccn1. The molecule has 0 atom stereocenters. The number of nitrogens with zero attached hydrogens (tertiary/aromatic N) is 6. The fraction of sp³-hybridized carbons (Fsp3) is 0.333. The first-order chi connectivity index (χ1) is 14.8. The van der Waals surface area contributed by atoms with Gasteiger partial charge in [0.05, 0.1) is 11.4 Å². The van der Waals surface area contributed by atoms with Crippen molar-refractivity contribution in [3.8, 4) is 11.1 Å². The largest absolute Gasteiger partial charge is 0.325 e. The predicted molar refractivity (Wildman–Crippen MR) is 126 cm³/mol. The highest BCUT2D eigenvalue weighted by atomic mass is 32.2. The molecule has 0 amide bonds. The first-order valence-electron chi connectivity index (χ1n) is 9.88. The van der Waals surface area contributed by atoms with E-state index in [0.29, 0.717) is 41.9 Å². The second-order valence-corrected chi connectivity index (χ2v) is 9.09. The van der Waals surface area contributed by atoms with Gasteiger partial charge in [-0.05, 0) is 63.7 Å². The molecule has 3 heterocycles. The molecular weight excluding hydrogens is 414 g/mol. The molecule has 31 heavy (non-hydrogen) atoms. The molecule has 0 radical (unpaired) electrons. The summed E-state index contributed by atoms with van der Waals surface area (Å²) < 4.78 is 28.4. The number of nitrogens with one attached hydrogen (secondary N) is 1. The molecule has 0 unspecified atom stereocenters. The molecule has 0 saturated carbocycles. The van der Waals surface area contributed by atoms with Crippen LogP contribution in [0, 0.1) is 6.92 Å². The van der Waals surface area contributed by atoms with Crippen molar-refractivity contribution in [3.05, 3.63) is 48.2 Å². The van der Waals surface area contributed by atoms with E-state index in [9.17, 15) is 8.42 Å². The molecule has 1 aliphatic rings. The average molecular weight is 442 g/mol. The zero-order valence-corrected chi connectivity index (χ0v) is 19.0. The van der Waals surface area contributed by atoms with Gasteiger partial charge in [0.1, 0.15) is 17.5 Å². The van der Waals surface area contributed by atoms with Crippen LogP contribution in [0.5, 0.6) is 0 Å². The Kier molecular flexibility index (Phi) is 6.81. The van der Waals surface area contributed by atoms with E-state index >= 15 is 0 Å². The number of aliphatic imine (C=N–C) groups is 2. The zero-order valence-electron chi connectivity index (χ0n) is 18.2. The summed E-state index contributed by atoms with van der Waals surface area (Å²) in [5.74, 6) is 1.73. The van der Waals surface area contributed by atoms with Gasteiger partial charge in [-0.25, -0.2) is 15.0 Å². The van der Waals surface area contributed by atoms with Crippen molar-refractivity contribution >= 4 is 34.3 Å². The predicted octanol–water partition coefficient (Wildman–Crippen LogP) is 3.23. The molecule has 0 aliphatic carbocycles. The summed E-state index contributed by atoms with van der Waals surface area (Å²) in [6.45, 7) is 9.85. The molecule has 2 aromatic heterocycles. The van der Waals surface area contributed by atoms with Crippen LogP contribution in [0.25, 0.3) is 11.1 Å². The summed E-state index contributed by atoms with van der Waals surface area (Å²) in [6, 6.07) is 5.58. The van der Waals surface area contributed by atoms with Crippen molar-refractivity contribution < 1.29 is 8.42 Å². The highest BCUT2D eigenvalue weighted by Gasteiger charge is 2.32. The van der Waals surface area contributed by atoms with Gasteiger partial charge in [-0.3, -0.25) is 9.29 Å². The number of aromatic nitrogens is 2. The maximum absolute atomic E-state index is 12.8. The Labute approximate surface area is 183 Å². The Morgan fingerprint density at radius 2 is 2.03 bits per heavy atom. The van der Waals surface area contributed by atoms with Crippen LogP contribution in [-0.2, 0) is 10.2 Å². The van der Waals surface area contributed by atoms with Crippen molar-refractivity contribution in [1.82, 2.24) is 14.3 Å². The number of pyridine rings is 2. The lowest BCUT2D eigenvalue weighted by atomic mass is 10.1. The second kappa shape index (κ2) is 9.36. The summed E-state index contributed by atoms with van der Waals surface area (Å²) in [5, 5.41) is 3.15. The van der Waals surface area contributed by atoms with Crippen LogP contribution >= 0.6 is 0 Å². The van der Waals surface area contributed by atoms with E-state index in [1.165, 1.54) is 8.61 Å². The van der Waals surface area contributed by atoms with Crippen molar-refractivity contribution in [2.24, 2.45) is 9.98 Å². The van der Waals surface area contributed by atoms with Gasteiger partial charge < -0.3 is 5.32 Å². The molecule has 1 saturated heterocycles. The summed E-state index contributed by atoms with van der Waals surface area (Å²) in [4.78, 5) is 16.9. The van der Waals surface area contributed by atoms with Crippen molar-refractivity contribution in [2.45, 2.75) is 27.2 Å². The Balaban J connectivity index is 1.95. The molecule has 3 rings (SSSR count). The Morgan fingerprint density at radius 3 is 2.74 bits per heavy atom.